The van der Waals surface area contributed by atoms with Gasteiger partial charge in [0, 0.05) is 13.1 Å². The van der Waals surface area contributed by atoms with Gasteiger partial charge in [-0.05, 0) is 19.1 Å². The van der Waals surface area contributed by atoms with Crippen molar-refractivity contribution in [2.75, 3.05) is 11.9 Å². The Labute approximate surface area is 110 Å². The standard InChI is InChI=1S/C12H16N6O/c1-2-15-11(14)18-12-17-10(7-19-12)9-5-3-4-8(6-13)16-9/h3-5,7H,2,6,13H2,1H3,(H3,14,15,17,18). The lowest BCUT2D eigenvalue weighted by atomic mass is 10.2. The van der Waals surface area contributed by atoms with Crippen LogP contribution in [0.25, 0.3) is 11.4 Å². The molecule has 2 aromatic heterocycles. The maximum atomic E-state index is 5.62. The second kappa shape index (κ2) is 5.96. The maximum absolute atomic E-state index is 5.62. The Morgan fingerprint density at radius 3 is 2.95 bits per heavy atom. The van der Waals surface area contributed by atoms with Gasteiger partial charge in [-0.2, -0.15) is 4.98 Å². The van der Waals surface area contributed by atoms with Crippen LogP contribution in [0.2, 0.25) is 0 Å². The van der Waals surface area contributed by atoms with Gasteiger partial charge in [0.25, 0.3) is 0 Å². The summed E-state index contributed by atoms with van der Waals surface area (Å²) in [7, 11) is 0. The number of oxazole rings is 1. The molecule has 0 saturated carbocycles. The Bertz CT molecular complexity index is 577. The van der Waals surface area contributed by atoms with Crippen LogP contribution in [0.5, 0.6) is 0 Å². The molecular weight excluding hydrogens is 244 g/mol. The van der Waals surface area contributed by atoms with E-state index in [1.165, 1.54) is 6.26 Å². The van der Waals surface area contributed by atoms with Crippen LogP contribution in [-0.2, 0) is 6.54 Å². The molecule has 0 radical (unpaired) electrons. The van der Waals surface area contributed by atoms with E-state index in [4.69, 9.17) is 15.9 Å². The third-order valence-electron chi connectivity index (χ3n) is 2.35. The van der Waals surface area contributed by atoms with Gasteiger partial charge in [0.2, 0.25) is 0 Å². The number of nitrogens with one attached hydrogen (secondary N) is 1. The van der Waals surface area contributed by atoms with Crippen molar-refractivity contribution in [1.82, 2.24) is 9.97 Å². The fraction of sp³-hybridized carbons (Fsp3) is 0.250. The number of hydrogen-bond donors (Lipinski definition) is 3. The smallest absolute Gasteiger partial charge is 0.302 e. The average molecular weight is 260 g/mol. The minimum Gasteiger partial charge on any atom is -0.431 e. The summed E-state index contributed by atoms with van der Waals surface area (Å²) in [4.78, 5) is 12.6. The summed E-state index contributed by atoms with van der Waals surface area (Å²) in [6.45, 7) is 2.86. The van der Waals surface area contributed by atoms with Crippen molar-refractivity contribution in [1.29, 1.82) is 0 Å². The normalized spacial score (nSPS) is 11.6. The zero-order valence-electron chi connectivity index (χ0n) is 10.6. The summed E-state index contributed by atoms with van der Waals surface area (Å²) in [5, 5.41) is 2.76. The summed E-state index contributed by atoms with van der Waals surface area (Å²) in [6, 6.07) is 5.85. The third-order valence-corrected chi connectivity index (χ3v) is 2.35. The molecule has 0 aliphatic rings. The van der Waals surface area contributed by atoms with Gasteiger partial charge in [-0.15, -0.1) is 0 Å². The van der Waals surface area contributed by atoms with Crippen molar-refractivity contribution >= 4 is 12.0 Å². The van der Waals surface area contributed by atoms with Gasteiger partial charge in [0.1, 0.15) is 12.0 Å². The number of rotatable bonds is 4. The topological polar surface area (TPSA) is 115 Å². The first-order valence-electron chi connectivity index (χ1n) is 5.91. The Hall–Kier alpha value is -2.41. The van der Waals surface area contributed by atoms with E-state index in [9.17, 15) is 0 Å². The minimum absolute atomic E-state index is 0.263. The highest BCUT2D eigenvalue weighted by molar-refractivity contribution is 5.90. The van der Waals surface area contributed by atoms with E-state index in [1.807, 2.05) is 25.1 Å². The zero-order valence-corrected chi connectivity index (χ0v) is 10.6. The van der Waals surface area contributed by atoms with Crippen molar-refractivity contribution in [2.24, 2.45) is 16.5 Å². The fourth-order valence-electron chi connectivity index (χ4n) is 1.50. The predicted octanol–water partition coefficient (Wildman–Crippen LogP) is 0.942. The number of pyridine rings is 1. The molecule has 0 atom stereocenters. The van der Waals surface area contributed by atoms with E-state index in [2.05, 4.69) is 20.3 Å². The lowest BCUT2D eigenvalue weighted by Crippen LogP contribution is -2.22. The Kier molecular flexibility index (Phi) is 4.09. The van der Waals surface area contributed by atoms with Gasteiger partial charge < -0.3 is 15.9 Å². The highest BCUT2D eigenvalue weighted by atomic mass is 16.4. The van der Waals surface area contributed by atoms with Crippen LogP contribution in [0.4, 0.5) is 6.01 Å². The molecule has 2 aromatic rings. The van der Waals surface area contributed by atoms with E-state index in [-0.39, 0.29) is 12.0 Å². The monoisotopic (exact) mass is 260 g/mol. The zero-order chi connectivity index (χ0) is 13.7. The van der Waals surface area contributed by atoms with Crippen LogP contribution in [0.15, 0.2) is 33.9 Å². The van der Waals surface area contributed by atoms with Crippen molar-refractivity contribution < 1.29 is 4.42 Å². The first-order chi connectivity index (χ1) is 9.22. The first-order valence-corrected chi connectivity index (χ1v) is 5.91. The van der Waals surface area contributed by atoms with Crippen molar-refractivity contribution in [3.63, 3.8) is 0 Å². The SMILES string of the molecule is CCN=C(N)Nc1nc(-c2cccc(CN)n2)co1. The van der Waals surface area contributed by atoms with Crippen LogP contribution >= 0.6 is 0 Å². The van der Waals surface area contributed by atoms with E-state index in [1.54, 1.807) is 0 Å². The molecule has 0 fully saturated rings. The van der Waals surface area contributed by atoms with Crippen molar-refractivity contribution in [2.45, 2.75) is 13.5 Å². The molecule has 0 spiro atoms. The number of guanidine groups is 1. The summed E-state index contributed by atoms with van der Waals surface area (Å²) in [5.74, 6) is 0.263. The largest absolute Gasteiger partial charge is 0.431 e. The fourth-order valence-corrected chi connectivity index (χ4v) is 1.50. The summed E-state index contributed by atoms with van der Waals surface area (Å²) < 4.78 is 5.26. The minimum atomic E-state index is 0.263. The number of nitrogens with two attached hydrogens (primary N) is 2. The molecule has 0 aliphatic carbocycles. The Morgan fingerprint density at radius 1 is 1.37 bits per heavy atom. The van der Waals surface area contributed by atoms with Crippen LogP contribution < -0.4 is 16.8 Å². The lowest BCUT2D eigenvalue weighted by molar-refractivity contribution is 0.579. The molecule has 7 heteroatoms. The Balaban J connectivity index is 2.18. The molecule has 0 bridgehead atoms. The number of hydrogen-bond acceptors (Lipinski definition) is 5. The van der Waals surface area contributed by atoms with Crippen LogP contribution in [0, 0.1) is 0 Å². The molecule has 2 heterocycles. The molecule has 0 aliphatic heterocycles. The van der Waals surface area contributed by atoms with Crippen LogP contribution in [0.1, 0.15) is 12.6 Å². The van der Waals surface area contributed by atoms with Gasteiger partial charge in [0.15, 0.2) is 5.96 Å². The van der Waals surface area contributed by atoms with Crippen molar-refractivity contribution in [3.8, 4) is 11.4 Å². The molecule has 7 nitrogen and oxygen atoms in total. The first kappa shape index (κ1) is 13.0. The van der Waals surface area contributed by atoms with E-state index in [0.29, 0.717) is 24.5 Å². The quantitative estimate of drug-likeness (QED) is 0.556. The molecule has 5 N–H and O–H groups in total. The molecular formula is C12H16N6O. The molecule has 0 amide bonds. The van der Waals surface area contributed by atoms with Crippen LogP contribution in [-0.4, -0.2) is 22.5 Å². The molecule has 2 rings (SSSR count). The predicted molar refractivity (Wildman–Crippen MR) is 73.4 cm³/mol. The number of anilines is 1. The van der Waals surface area contributed by atoms with Gasteiger partial charge in [-0.25, -0.2) is 4.98 Å². The second-order valence-corrected chi connectivity index (χ2v) is 3.74. The number of aromatic nitrogens is 2. The molecule has 19 heavy (non-hydrogen) atoms. The molecule has 0 saturated heterocycles. The lowest BCUT2D eigenvalue weighted by Gasteiger charge is -1.99. The van der Waals surface area contributed by atoms with Gasteiger partial charge >= 0.3 is 6.01 Å². The van der Waals surface area contributed by atoms with Crippen molar-refractivity contribution in [3.05, 3.63) is 30.2 Å². The second-order valence-electron chi connectivity index (χ2n) is 3.74. The highest BCUT2D eigenvalue weighted by Crippen LogP contribution is 2.18. The third kappa shape index (κ3) is 3.29. The van der Waals surface area contributed by atoms with Gasteiger partial charge in [-0.3, -0.25) is 10.3 Å². The summed E-state index contributed by atoms with van der Waals surface area (Å²) in [6.07, 6.45) is 1.50. The average Bonchev–Trinajstić information content (AvgIpc) is 2.87. The highest BCUT2D eigenvalue weighted by Gasteiger charge is 2.08. The van der Waals surface area contributed by atoms with E-state index >= 15 is 0 Å². The van der Waals surface area contributed by atoms with Gasteiger partial charge in [0.05, 0.1) is 11.4 Å². The Morgan fingerprint density at radius 2 is 2.21 bits per heavy atom. The molecule has 0 aromatic carbocycles. The summed E-state index contributed by atoms with van der Waals surface area (Å²) >= 11 is 0. The molecule has 100 valence electrons. The van der Waals surface area contributed by atoms with Gasteiger partial charge in [-0.1, -0.05) is 6.07 Å². The maximum Gasteiger partial charge on any atom is 0.302 e. The van der Waals surface area contributed by atoms with E-state index in [0.717, 1.165) is 5.69 Å². The molecule has 0 unspecified atom stereocenters. The number of nitrogens with zero attached hydrogens (tertiary/aromatic N) is 3. The van der Waals surface area contributed by atoms with Crippen LogP contribution in [0.3, 0.4) is 0 Å². The summed E-state index contributed by atoms with van der Waals surface area (Å²) in [5.41, 5.74) is 13.3. The van der Waals surface area contributed by atoms with E-state index < -0.39 is 0 Å². The number of aliphatic imine (C=N–C) groups is 1.